The van der Waals surface area contributed by atoms with Crippen LogP contribution in [0.25, 0.3) is 11.3 Å². The zero-order valence-electron chi connectivity index (χ0n) is 19.5. The fraction of sp³-hybridized carbons (Fsp3) is 0.0769. The first-order chi connectivity index (χ1) is 17.3. The molecule has 0 aliphatic heterocycles. The molecule has 4 aromatic rings. The highest BCUT2D eigenvalue weighted by atomic mass is 32.2. The minimum absolute atomic E-state index is 0.104. The van der Waals surface area contributed by atoms with Crippen LogP contribution < -0.4 is 15.4 Å². The van der Waals surface area contributed by atoms with Gasteiger partial charge in [0.15, 0.2) is 0 Å². The number of aromatic nitrogens is 3. The van der Waals surface area contributed by atoms with Gasteiger partial charge in [0.2, 0.25) is 16.0 Å². The molecule has 2 aromatic heterocycles. The van der Waals surface area contributed by atoms with Gasteiger partial charge in [0.25, 0.3) is 5.91 Å². The molecule has 0 saturated carbocycles. The highest BCUT2D eigenvalue weighted by molar-refractivity contribution is 7.92. The first-order valence-corrected chi connectivity index (χ1v) is 12.5. The van der Waals surface area contributed by atoms with E-state index in [1.807, 2.05) is 43.3 Å². The van der Waals surface area contributed by atoms with E-state index in [1.165, 1.54) is 0 Å². The molecule has 0 fully saturated rings. The van der Waals surface area contributed by atoms with Crippen LogP contribution >= 0.6 is 0 Å². The third kappa shape index (κ3) is 6.38. The predicted octanol–water partition coefficient (Wildman–Crippen LogP) is 4.41. The van der Waals surface area contributed by atoms with Gasteiger partial charge in [-0.05, 0) is 60.5 Å². The third-order valence-electron chi connectivity index (χ3n) is 5.27. The normalized spacial score (nSPS) is 11.0. The maximum absolute atomic E-state index is 12.8. The number of hydrogen-bond acceptors (Lipinski definition) is 7. The second kappa shape index (κ2) is 10.9. The summed E-state index contributed by atoms with van der Waals surface area (Å²) in [5.74, 6) is 0.128. The molecule has 0 saturated heterocycles. The Kier molecular flexibility index (Phi) is 7.47. The average molecular weight is 501 g/mol. The third-order valence-corrected chi connectivity index (χ3v) is 6.25. The van der Waals surface area contributed by atoms with Gasteiger partial charge in [-0.15, -0.1) is 0 Å². The maximum atomic E-state index is 12.8. The first-order valence-electron chi connectivity index (χ1n) is 11.0. The molecule has 182 valence electrons. The minimum Gasteiger partial charge on any atom is -0.324 e. The summed E-state index contributed by atoms with van der Waals surface area (Å²) in [6, 6.07) is 17.7. The van der Waals surface area contributed by atoms with E-state index >= 15 is 0 Å². The Morgan fingerprint density at radius 1 is 1.06 bits per heavy atom. The molecule has 9 nitrogen and oxygen atoms in total. The fourth-order valence-corrected chi connectivity index (χ4v) is 3.75. The summed E-state index contributed by atoms with van der Waals surface area (Å²) in [4.78, 5) is 25.8. The molecule has 1 amide bonds. The van der Waals surface area contributed by atoms with Crippen LogP contribution in [-0.4, -0.2) is 29.3 Å². The van der Waals surface area contributed by atoms with Crippen molar-refractivity contribution in [1.29, 1.82) is 0 Å². The second-order valence-corrected chi connectivity index (χ2v) is 9.56. The van der Waals surface area contributed by atoms with E-state index < -0.39 is 10.0 Å². The molecule has 10 heteroatoms. The van der Waals surface area contributed by atoms with Gasteiger partial charge in [0.1, 0.15) is 0 Å². The molecular weight excluding hydrogens is 476 g/mol. The van der Waals surface area contributed by atoms with Crippen molar-refractivity contribution in [3.8, 4) is 11.3 Å². The monoisotopic (exact) mass is 500 g/mol. The minimum atomic E-state index is -3.51. The Morgan fingerprint density at radius 3 is 2.58 bits per heavy atom. The summed E-state index contributed by atoms with van der Waals surface area (Å²) in [5.41, 5.74) is 5.07. The van der Waals surface area contributed by atoms with Crippen LogP contribution in [0.15, 0.2) is 91.2 Å². The number of anilines is 3. The summed E-state index contributed by atoms with van der Waals surface area (Å²) in [7, 11) is -3.51. The highest BCUT2D eigenvalue weighted by Crippen LogP contribution is 2.24. The highest BCUT2D eigenvalue weighted by Gasteiger charge is 2.10. The first kappa shape index (κ1) is 24.7. The molecule has 0 atom stereocenters. The van der Waals surface area contributed by atoms with Gasteiger partial charge in [-0.3, -0.25) is 9.78 Å². The van der Waals surface area contributed by atoms with Crippen LogP contribution in [0, 0.1) is 6.92 Å². The van der Waals surface area contributed by atoms with E-state index in [9.17, 15) is 13.2 Å². The molecule has 4 rings (SSSR count). The lowest BCUT2D eigenvalue weighted by Crippen LogP contribution is -2.20. The molecular formula is C26H24N6O3S. The van der Waals surface area contributed by atoms with Crippen molar-refractivity contribution in [3.05, 3.63) is 108 Å². The maximum Gasteiger partial charge on any atom is 0.255 e. The van der Waals surface area contributed by atoms with E-state index in [1.54, 1.807) is 42.9 Å². The van der Waals surface area contributed by atoms with Crippen LogP contribution in [0.3, 0.4) is 0 Å². The van der Waals surface area contributed by atoms with Crippen LogP contribution in [0.5, 0.6) is 0 Å². The van der Waals surface area contributed by atoms with E-state index in [2.05, 4.69) is 36.9 Å². The molecule has 36 heavy (non-hydrogen) atoms. The number of rotatable bonds is 9. The largest absolute Gasteiger partial charge is 0.324 e. The lowest BCUT2D eigenvalue weighted by molar-refractivity contribution is 0.102. The van der Waals surface area contributed by atoms with Gasteiger partial charge in [-0.2, -0.15) is 0 Å². The number of carbonyl (C=O) groups is 1. The van der Waals surface area contributed by atoms with Crippen LogP contribution in [-0.2, 0) is 16.6 Å². The number of aryl methyl sites for hydroxylation is 1. The number of nitrogens with one attached hydrogen (secondary N) is 3. The van der Waals surface area contributed by atoms with Gasteiger partial charge < -0.3 is 10.6 Å². The lowest BCUT2D eigenvalue weighted by atomic mass is 10.1. The number of nitrogens with zero attached hydrogens (tertiary/aromatic N) is 3. The average Bonchev–Trinajstić information content (AvgIpc) is 2.90. The molecule has 0 unspecified atom stereocenters. The van der Waals surface area contributed by atoms with Crippen LogP contribution in [0.1, 0.15) is 21.5 Å². The summed E-state index contributed by atoms with van der Waals surface area (Å²) < 4.78 is 25.4. The van der Waals surface area contributed by atoms with Gasteiger partial charge in [0, 0.05) is 53.0 Å². The molecule has 0 spiro atoms. The summed E-state index contributed by atoms with van der Waals surface area (Å²) in [5, 5.41) is 6.95. The Balaban J connectivity index is 1.44. The number of sulfonamides is 1. The Hall–Kier alpha value is -4.41. The standard InChI is InChI=1S/C26H24N6O3S/c1-3-36(34,35)29-16-19-7-9-20(10-8-19)25(33)30-22-11-6-18(2)24(15-22)32-26-28-14-12-23(31-26)21-5-4-13-27-17-21/h3-15,17,29H,1,16H2,2H3,(H,30,33)(H,28,31,32). The molecule has 2 heterocycles. The van der Waals surface area contributed by atoms with Crippen LogP contribution in [0.4, 0.5) is 17.3 Å². The molecule has 0 aliphatic rings. The van der Waals surface area contributed by atoms with Gasteiger partial charge in [0.05, 0.1) is 5.69 Å². The number of pyridine rings is 1. The van der Waals surface area contributed by atoms with Crippen molar-refractivity contribution in [3.63, 3.8) is 0 Å². The predicted molar refractivity (Wildman–Crippen MR) is 140 cm³/mol. The summed E-state index contributed by atoms with van der Waals surface area (Å²) >= 11 is 0. The van der Waals surface area contributed by atoms with Gasteiger partial charge in [-0.1, -0.05) is 24.8 Å². The second-order valence-electron chi connectivity index (χ2n) is 7.85. The molecule has 0 aliphatic carbocycles. The van der Waals surface area contributed by atoms with Gasteiger partial charge >= 0.3 is 0 Å². The SMILES string of the molecule is C=CS(=O)(=O)NCc1ccc(C(=O)Nc2ccc(C)c(Nc3nccc(-c4cccnc4)n3)c2)cc1. The van der Waals surface area contributed by atoms with E-state index in [-0.39, 0.29) is 12.5 Å². The molecule has 0 bridgehead atoms. The van der Waals surface area contributed by atoms with Crippen LogP contribution in [0.2, 0.25) is 0 Å². The summed E-state index contributed by atoms with van der Waals surface area (Å²) in [6.07, 6.45) is 5.11. The number of hydrogen-bond donors (Lipinski definition) is 3. The van der Waals surface area contributed by atoms with Crippen molar-refractivity contribution in [1.82, 2.24) is 19.7 Å². The van der Waals surface area contributed by atoms with E-state index in [0.29, 0.717) is 22.8 Å². The Morgan fingerprint density at radius 2 is 1.86 bits per heavy atom. The fourth-order valence-electron chi connectivity index (χ4n) is 3.27. The number of benzene rings is 2. The zero-order chi connectivity index (χ0) is 25.5. The van der Waals surface area contributed by atoms with E-state index in [4.69, 9.17) is 0 Å². The van der Waals surface area contributed by atoms with Crippen molar-refractivity contribution in [2.45, 2.75) is 13.5 Å². The smallest absolute Gasteiger partial charge is 0.255 e. The van der Waals surface area contributed by atoms with Gasteiger partial charge in [-0.25, -0.2) is 23.1 Å². The summed E-state index contributed by atoms with van der Waals surface area (Å²) in [6.45, 7) is 5.30. The molecule has 2 aromatic carbocycles. The van der Waals surface area contributed by atoms with Crippen molar-refractivity contribution in [2.75, 3.05) is 10.6 Å². The van der Waals surface area contributed by atoms with E-state index in [0.717, 1.165) is 27.9 Å². The molecule has 3 N–H and O–H groups in total. The van der Waals surface area contributed by atoms with Crippen molar-refractivity contribution in [2.24, 2.45) is 0 Å². The topological polar surface area (TPSA) is 126 Å². The van der Waals surface area contributed by atoms with Crippen molar-refractivity contribution < 1.29 is 13.2 Å². The Labute approximate surface area is 209 Å². The van der Waals surface area contributed by atoms with Crippen molar-refractivity contribution >= 4 is 33.3 Å². The lowest BCUT2D eigenvalue weighted by Gasteiger charge is -2.12. The number of amides is 1. The molecule has 0 radical (unpaired) electrons. The number of carbonyl (C=O) groups excluding carboxylic acids is 1. The quantitative estimate of drug-likeness (QED) is 0.311. The zero-order valence-corrected chi connectivity index (χ0v) is 20.3. The Bertz CT molecular complexity index is 1490.